The maximum atomic E-state index is 13.8. The molecule has 0 aromatic heterocycles. The highest BCUT2D eigenvalue weighted by molar-refractivity contribution is 6.30. The quantitative estimate of drug-likeness (QED) is 0.275. The van der Waals surface area contributed by atoms with E-state index in [0.717, 1.165) is 34.8 Å². The van der Waals surface area contributed by atoms with E-state index in [1.807, 2.05) is 55.1 Å². The Labute approximate surface area is 259 Å². The van der Waals surface area contributed by atoms with Gasteiger partial charge in [-0.05, 0) is 97.8 Å². The zero-order chi connectivity index (χ0) is 31.1. The van der Waals surface area contributed by atoms with Gasteiger partial charge in [-0.15, -0.1) is 0 Å². The third kappa shape index (κ3) is 8.14. The fourth-order valence-electron chi connectivity index (χ4n) is 6.06. The number of nitrogens with two attached hydrogens (primary N) is 1. The van der Waals surface area contributed by atoms with Crippen LogP contribution in [0.1, 0.15) is 68.7 Å². The molecule has 230 valence electrons. The summed E-state index contributed by atoms with van der Waals surface area (Å²) < 4.78 is 11.8. The normalized spacial score (nSPS) is 16.7. The Morgan fingerprint density at radius 1 is 1.05 bits per heavy atom. The van der Waals surface area contributed by atoms with Crippen LogP contribution in [0, 0.1) is 5.92 Å². The molecule has 1 fully saturated rings. The maximum absolute atomic E-state index is 13.8. The van der Waals surface area contributed by atoms with Gasteiger partial charge in [0.25, 0.3) is 0 Å². The Hall–Kier alpha value is -3.91. The van der Waals surface area contributed by atoms with E-state index in [1.165, 1.54) is 37.8 Å². The molecule has 9 heteroatoms. The summed E-state index contributed by atoms with van der Waals surface area (Å²) in [6.45, 7) is 5.07. The number of methoxy groups -OCH3 is 1. The van der Waals surface area contributed by atoms with Gasteiger partial charge in [0.2, 0.25) is 5.91 Å². The molecule has 1 saturated carbocycles. The minimum atomic E-state index is -1.33. The molecule has 0 bridgehead atoms. The van der Waals surface area contributed by atoms with E-state index in [9.17, 15) is 4.79 Å². The van der Waals surface area contributed by atoms with Gasteiger partial charge in [-0.3, -0.25) is 4.79 Å². The van der Waals surface area contributed by atoms with E-state index < -0.39 is 6.09 Å². The predicted molar refractivity (Wildman–Crippen MR) is 172 cm³/mol. The fraction of sp³-hybridized carbons (Fsp3) is 0.412. The van der Waals surface area contributed by atoms with Crippen LogP contribution in [0.4, 0.5) is 16.2 Å². The van der Waals surface area contributed by atoms with E-state index in [1.54, 1.807) is 7.11 Å². The van der Waals surface area contributed by atoms with Gasteiger partial charge in [0.05, 0.1) is 25.7 Å². The van der Waals surface area contributed by atoms with Gasteiger partial charge >= 0.3 is 6.09 Å². The lowest BCUT2D eigenvalue weighted by Crippen LogP contribution is -2.41. The summed E-state index contributed by atoms with van der Waals surface area (Å²) >= 11 is 6.25. The Bertz CT molecular complexity index is 1380. The molecular weight excluding hydrogens is 566 g/mol. The van der Waals surface area contributed by atoms with Gasteiger partial charge in [-0.1, -0.05) is 43.0 Å². The van der Waals surface area contributed by atoms with Crippen LogP contribution in [0.5, 0.6) is 11.5 Å². The van der Waals surface area contributed by atoms with E-state index >= 15 is 0 Å². The number of hydrogen-bond acceptors (Lipinski definition) is 5. The molecule has 43 heavy (non-hydrogen) atoms. The first-order valence-corrected chi connectivity index (χ1v) is 15.2. The summed E-state index contributed by atoms with van der Waals surface area (Å²) in [5, 5.41) is 7.86. The smallest absolute Gasteiger partial charge is 0.402 e. The van der Waals surface area contributed by atoms with Crippen molar-refractivity contribution >= 4 is 35.0 Å². The average Bonchev–Trinajstić information content (AvgIpc) is 2.97. The molecule has 5 rings (SSSR count). The number of rotatable bonds is 8. The van der Waals surface area contributed by atoms with Crippen LogP contribution in [0.2, 0.25) is 5.02 Å². The summed E-state index contributed by atoms with van der Waals surface area (Å²) in [7, 11) is 3.81. The van der Waals surface area contributed by atoms with Crippen molar-refractivity contribution in [2.24, 2.45) is 11.7 Å². The Morgan fingerprint density at radius 3 is 2.26 bits per heavy atom. The number of carbonyl (C=O) groups is 2. The molecule has 2 amide bonds. The zero-order valence-corrected chi connectivity index (χ0v) is 26.1. The van der Waals surface area contributed by atoms with Crippen LogP contribution in [0.25, 0.3) is 0 Å². The third-order valence-corrected chi connectivity index (χ3v) is 8.21. The first kappa shape index (κ1) is 32.0. The molecule has 0 spiro atoms. The molecule has 1 aliphatic heterocycles. The van der Waals surface area contributed by atoms with Gasteiger partial charge in [-0.25, -0.2) is 4.79 Å². The second kappa shape index (κ2) is 14.5. The Balaban J connectivity index is 0.000000996. The molecule has 3 aromatic carbocycles. The van der Waals surface area contributed by atoms with Gasteiger partial charge in [-0.2, -0.15) is 0 Å². The van der Waals surface area contributed by atoms with Crippen molar-refractivity contribution in [3.63, 3.8) is 0 Å². The highest BCUT2D eigenvalue weighted by Gasteiger charge is 2.36. The van der Waals surface area contributed by atoms with Crippen LogP contribution < -0.4 is 25.0 Å². The third-order valence-electron chi connectivity index (χ3n) is 7.96. The van der Waals surface area contributed by atoms with Gasteiger partial charge in [0.15, 0.2) is 11.5 Å². The molecule has 2 aliphatic rings. The van der Waals surface area contributed by atoms with Gasteiger partial charge in [0.1, 0.15) is 0 Å². The minimum absolute atomic E-state index is 0.00889. The molecule has 8 nitrogen and oxygen atoms in total. The topological polar surface area (TPSA) is 105 Å². The van der Waals surface area contributed by atoms with Crippen molar-refractivity contribution in [2.75, 3.05) is 30.5 Å². The number of nitrogens with zero attached hydrogens (tertiary/aromatic N) is 2. The van der Waals surface area contributed by atoms with E-state index in [2.05, 4.69) is 41.9 Å². The number of carboxylic acid groups (broad SMARTS) is 1. The summed E-state index contributed by atoms with van der Waals surface area (Å²) in [5.41, 5.74) is 9.06. The Morgan fingerprint density at radius 2 is 1.67 bits per heavy atom. The fourth-order valence-corrected chi connectivity index (χ4v) is 6.19. The van der Waals surface area contributed by atoms with Crippen molar-refractivity contribution in [2.45, 2.75) is 64.5 Å². The van der Waals surface area contributed by atoms with E-state index in [0.29, 0.717) is 22.9 Å². The number of amides is 2. The average molecular weight is 608 g/mol. The van der Waals surface area contributed by atoms with Crippen molar-refractivity contribution in [1.29, 1.82) is 0 Å². The number of fused-ring (bicyclic) bond motifs is 1. The highest BCUT2D eigenvalue weighted by atomic mass is 35.5. The van der Waals surface area contributed by atoms with Crippen molar-refractivity contribution < 1.29 is 24.2 Å². The molecule has 0 radical (unpaired) electrons. The maximum Gasteiger partial charge on any atom is 0.402 e. The lowest BCUT2D eigenvalue weighted by atomic mass is 9.86. The lowest BCUT2D eigenvalue weighted by Gasteiger charge is -2.38. The van der Waals surface area contributed by atoms with Crippen LogP contribution in [0.3, 0.4) is 0 Å². The number of hydrogen-bond donors (Lipinski definition) is 2. The summed E-state index contributed by atoms with van der Waals surface area (Å²) in [5.74, 6) is 2.13. The number of primary amides is 1. The largest absolute Gasteiger partial charge is 0.493 e. The molecule has 1 aliphatic carbocycles. The van der Waals surface area contributed by atoms with E-state index in [-0.39, 0.29) is 18.1 Å². The number of ether oxygens (including phenoxy) is 2. The van der Waals surface area contributed by atoms with Crippen LogP contribution >= 0.6 is 11.6 Å². The zero-order valence-electron chi connectivity index (χ0n) is 25.4. The van der Waals surface area contributed by atoms with Crippen LogP contribution in [-0.2, 0) is 11.2 Å². The first-order chi connectivity index (χ1) is 20.6. The van der Waals surface area contributed by atoms with Gasteiger partial charge in [0, 0.05) is 30.0 Å². The van der Waals surface area contributed by atoms with Crippen LogP contribution in [-0.4, -0.2) is 43.9 Å². The SMILES string of the molecule is COc1cc2c(cc1OC(C)C)[C@H](c1ccc(Cl)cc1)N(c1ccc(N(C)CC3CCCCC3)cc1)C(=O)C2.NC(=O)O. The molecular formula is C34H42ClN3O5. The molecule has 3 aromatic rings. The Kier molecular flexibility index (Phi) is 10.8. The van der Waals surface area contributed by atoms with Gasteiger partial charge < -0.3 is 30.1 Å². The highest BCUT2D eigenvalue weighted by Crippen LogP contribution is 2.44. The molecule has 0 unspecified atom stereocenters. The second-order valence-electron chi connectivity index (χ2n) is 11.5. The van der Waals surface area contributed by atoms with Crippen molar-refractivity contribution in [3.8, 4) is 11.5 Å². The summed E-state index contributed by atoms with van der Waals surface area (Å²) in [6, 6.07) is 19.9. The number of anilines is 2. The molecule has 1 heterocycles. The first-order valence-electron chi connectivity index (χ1n) is 14.8. The number of halogens is 1. The summed E-state index contributed by atoms with van der Waals surface area (Å²) in [4.78, 5) is 26.8. The van der Waals surface area contributed by atoms with Crippen molar-refractivity contribution in [3.05, 3.63) is 82.4 Å². The number of carbonyl (C=O) groups excluding carboxylic acids is 1. The van der Waals surface area contributed by atoms with Crippen molar-refractivity contribution in [1.82, 2.24) is 0 Å². The molecule has 0 saturated heterocycles. The second-order valence-corrected chi connectivity index (χ2v) is 11.9. The number of benzene rings is 3. The monoisotopic (exact) mass is 607 g/mol. The molecule has 1 atom stereocenters. The minimum Gasteiger partial charge on any atom is -0.493 e. The summed E-state index contributed by atoms with van der Waals surface area (Å²) in [6.07, 6.45) is 5.65. The standard InChI is InChI=1S/C33H39ClN2O3.CH3NO2/c1-22(2)39-31-20-29-25(18-30(31)38-4)19-32(37)36(33(29)24-10-12-26(34)13-11-24)28-16-14-27(15-17-28)35(3)21-23-8-6-5-7-9-23;2-1(3)4/h10-18,20,22-23,33H,5-9,19,21H2,1-4H3;2H2,(H,3,4)/t33-;/m0./s1. The predicted octanol–water partition coefficient (Wildman–Crippen LogP) is 7.45. The lowest BCUT2D eigenvalue weighted by molar-refractivity contribution is -0.118. The van der Waals surface area contributed by atoms with Crippen LogP contribution in [0.15, 0.2) is 60.7 Å². The van der Waals surface area contributed by atoms with E-state index in [4.69, 9.17) is 31.0 Å². The molecule has 3 N–H and O–H groups in total.